The van der Waals surface area contributed by atoms with Crippen LogP contribution in [-0.4, -0.2) is 56.5 Å². The van der Waals surface area contributed by atoms with Gasteiger partial charge in [0.15, 0.2) is 21.4 Å². The van der Waals surface area contributed by atoms with Crippen LogP contribution >= 0.6 is 0 Å². The molecule has 1 aromatic carbocycles. The number of urea groups is 1. The largest absolute Gasteiger partial charge is 0.490 e. The molecule has 1 saturated carbocycles. The van der Waals surface area contributed by atoms with Gasteiger partial charge in [-0.25, -0.2) is 17.6 Å². The van der Waals surface area contributed by atoms with Gasteiger partial charge in [0.2, 0.25) is 5.91 Å². The zero-order valence-corrected chi connectivity index (χ0v) is 19.7. The van der Waals surface area contributed by atoms with Crippen molar-refractivity contribution in [3.63, 3.8) is 0 Å². The molecule has 3 amide bonds. The van der Waals surface area contributed by atoms with Crippen LogP contribution in [0.15, 0.2) is 18.2 Å². The number of hydrogen-bond donors (Lipinski definition) is 1. The molecule has 1 N–H and O–H groups in total. The zero-order chi connectivity index (χ0) is 23.4. The summed E-state index contributed by atoms with van der Waals surface area (Å²) in [4.78, 5) is 24.5. The van der Waals surface area contributed by atoms with Gasteiger partial charge in [-0.2, -0.15) is 0 Å². The minimum Gasteiger partial charge on any atom is -0.490 e. The molecule has 1 aliphatic carbocycles. The number of carbonyl (C=O) groups is 2. The first-order valence-corrected chi connectivity index (χ1v) is 13.1. The third kappa shape index (κ3) is 7.18. The number of nitrogens with one attached hydrogen (secondary N) is 1. The summed E-state index contributed by atoms with van der Waals surface area (Å²) in [6, 6.07) is 4.22. The van der Waals surface area contributed by atoms with Crippen molar-refractivity contribution in [1.29, 1.82) is 0 Å². The van der Waals surface area contributed by atoms with Crippen molar-refractivity contribution in [3.8, 4) is 5.75 Å². The van der Waals surface area contributed by atoms with E-state index in [4.69, 9.17) is 4.74 Å². The van der Waals surface area contributed by atoms with Crippen LogP contribution in [-0.2, 0) is 20.0 Å². The van der Waals surface area contributed by atoms with Gasteiger partial charge < -0.3 is 9.64 Å². The smallest absolute Gasteiger partial charge is 0.324 e. The molecule has 1 heterocycles. The molecule has 2 aliphatic rings. The summed E-state index contributed by atoms with van der Waals surface area (Å²) in [5, 5.41) is 2.28. The van der Waals surface area contributed by atoms with E-state index in [0.29, 0.717) is 51.3 Å². The Hall–Kier alpha value is -2.16. The molecule has 0 unspecified atom stereocenters. The third-order valence-corrected chi connectivity index (χ3v) is 8.06. The Morgan fingerprint density at radius 3 is 2.62 bits per heavy atom. The molecule has 0 bridgehead atoms. The highest BCUT2D eigenvalue weighted by Gasteiger charge is 2.29. The van der Waals surface area contributed by atoms with Crippen LogP contribution in [0.5, 0.6) is 5.75 Å². The number of unbranched alkanes of at least 4 members (excludes halogenated alkanes) is 2. The summed E-state index contributed by atoms with van der Waals surface area (Å²) in [5.74, 6) is 0.0154. The number of halogens is 1. The number of sulfone groups is 1. The average molecular weight is 469 g/mol. The molecule has 0 atom stereocenters. The van der Waals surface area contributed by atoms with E-state index in [-0.39, 0.29) is 29.2 Å². The molecule has 1 saturated heterocycles. The maximum Gasteiger partial charge on any atom is 0.324 e. The Morgan fingerprint density at radius 2 is 1.94 bits per heavy atom. The normalized spacial score (nSPS) is 17.4. The Morgan fingerprint density at radius 1 is 1.19 bits per heavy atom. The summed E-state index contributed by atoms with van der Waals surface area (Å²) < 4.78 is 45.2. The fraction of sp³-hybridized carbons (Fsp3) is 0.652. The quantitative estimate of drug-likeness (QED) is 0.475. The number of rotatable bonds is 12. The summed E-state index contributed by atoms with van der Waals surface area (Å²) in [6.45, 7) is 5.09. The van der Waals surface area contributed by atoms with E-state index in [1.54, 1.807) is 17.0 Å². The summed E-state index contributed by atoms with van der Waals surface area (Å²) >= 11 is 0. The first kappa shape index (κ1) is 24.5. The van der Waals surface area contributed by atoms with E-state index in [0.717, 1.165) is 18.4 Å². The van der Waals surface area contributed by atoms with Crippen LogP contribution in [0.4, 0.5) is 9.18 Å². The fourth-order valence-corrected chi connectivity index (χ4v) is 5.90. The van der Waals surface area contributed by atoms with Gasteiger partial charge in [-0.3, -0.25) is 10.1 Å². The van der Waals surface area contributed by atoms with Crippen LogP contribution < -0.4 is 10.1 Å². The predicted octanol–water partition coefficient (Wildman–Crippen LogP) is 3.42. The predicted molar refractivity (Wildman–Crippen MR) is 120 cm³/mol. The Bertz CT molecular complexity index is 944. The van der Waals surface area contributed by atoms with Crippen LogP contribution in [0.25, 0.3) is 0 Å². The second-order valence-corrected chi connectivity index (χ2v) is 11.7. The summed E-state index contributed by atoms with van der Waals surface area (Å²) in [6.07, 6.45) is 4.37. The number of amides is 3. The van der Waals surface area contributed by atoms with E-state index in [1.165, 1.54) is 6.07 Å². The average Bonchev–Trinajstić information content (AvgIpc) is 3.52. The molecule has 2 fully saturated rings. The molecule has 7 nitrogen and oxygen atoms in total. The lowest BCUT2D eigenvalue weighted by Crippen LogP contribution is -2.49. The maximum atomic E-state index is 14.1. The van der Waals surface area contributed by atoms with Gasteiger partial charge in [0.05, 0.1) is 18.1 Å². The Labute approximate surface area is 189 Å². The minimum atomic E-state index is -3.32. The monoisotopic (exact) mass is 468 g/mol. The van der Waals surface area contributed by atoms with Crippen LogP contribution in [0.1, 0.15) is 57.9 Å². The highest BCUT2D eigenvalue weighted by atomic mass is 32.2. The Balaban J connectivity index is 1.46. The number of hydrogen-bond acceptors (Lipinski definition) is 5. The van der Waals surface area contributed by atoms with Crippen molar-refractivity contribution in [2.24, 2.45) is 5.92 Å². The highest BCUT2D eigenvalue weighted by Crippen LogP contribution is 2.33. The van der Waals surface area contributed by atoms with Gasteiger partial charge in [0.1, 0.15) is 0 Å². The molecule has 9 heteroatoms. The fourth-order valence-electron chi connectivity index (χ4n) is 3.85. The minimum absolute atomic E-state index is 0.0374. The Kier molecular flexibility index (Phi) is 7.79. The van der Waals surface area contributed by atoms with E-state index >= 15 is 0 Å². The molecule has 0 aromatic heterocycles. The number of carbonyl (C=O) groups excluding carboxylic acids is 2. The number of benzene rings is 1. The molecule has 1 aromatic rings. The van der Waals surface area contributed by atoms with Gasteiger partial charge >= 0.3 is 6.03 Å². The van der Waals surface area contributed by atoms with Crippen molar-refractivity contribution in [2.75, 3.05) is 31.2 Å². The van der Waals surface area contributed by atoms with Crippen molar-refractivity contribution >= 4 is 21.8 Å². The molecule has 0 radical (unpaired) electrons. The first-order chi connectivity index (χ1) is 15.1. The van der Waals surface area contributed by atoms with Crippen LogP contribution in [0.2, 0.25) is 0 Å². The van der Waals surface area contributed by atoms with E-state index in [2.05, 4.69) is 5.32 Å². The lowest BCUT2D eigenvalue weighted by molar-refractivity contribution is -0.121. The van der Waals surface area contributed by atoms with Crippen molar-refractivity contribution in [2.45, 2.75) is 57.8 Å². The second-order valence-electron chi connectivity index (χ2n) is 9.53. The molecule has 1 aliphatic heterocycles. The lowest BCUT2D eigenvalue weighted by atomic mass is 9.86. The van der Waals surface area contributed by atoms with Gasteiger partial charge in [-0.1, -0.05) is 26.3 Å². The molecule has 32 heavy (non-hydrogen) atoms. The summed E-state index contributed by atoms with van der Waals surface area (Å²) in [7, 11) is -3.32. The van der Waals surface area contributed by atoms with Gasteiger partial charge in [-0.15, -0.1) is 0 Å². The number of imide groups is 1. The van der Waals surface area contributed by atoms with Crippen LogP contribution in [0, 0.1) is 11.7 Å². The molecule has 0 spiro atoms. The van der Waals surface area contributed by atoms with E-state index < -0.39 is 21.1 Å². The molecule has 178 valence electrons. The van der Waals surface area contributed by atoms with Gasteiger partial charge in [0, 0.05) is 24.9 Å². The topological polar surface area (TPSA) is 92.8 Å². The molecular formula is C23H33FN2O5S. The molecule has 3 rings (SSSR count). The third-order valence-electron chi connectivity index (χ3n) is 5.99. The van der Waals surface area contributed by atoms with Gasteiger partial charge in [-0.05, 0) is 49.3 Å². The van der Waals surface area contributed by atoms with Crippen molar-refractivity contribution in [1.82, 2.24) is 10.2 Å². The standard InChI is InChI=1S/C23H33FN2O5S/c1-23(2,18-8-9-19(24)20(14-18)31-15-17-6-7-17)16-32(29,30)13-5-3-4-11-26-12-10-21(27)25-22(26)28/h8-9,14,17H,3-7,10-13,15-16H2,1-2H3,(H,25,27,28). The molecular weight excluding hydrogens is 435 g/mol. The lowest BCUT2D eigenvalue weighted by Gasteiger charge is -2.26. The summed E-state index contributed by atoms with van der Waals surface area (Å²) in [5.41, 5.74) is 0.0572. The van der Waals surface area contributed by atoms with E-state index in [9.17, 15) is 22.4 Å². The van der Waals surface area contributed by atoms with Gasteiger partial charge in [0.25, 0.3) is 0 Å². The second kappa shape index (κ2) is 10.2. The van der Waals surface area contributed by atoms with E-state index in [1.807, 2.05) is 13.8 Å². The van der Waals surface area contributed by atoms with Crippen molar-refractivity contribution in [3.05, 3.63) is 29.6 Å². The zero-order valence-electron chi connectivity index (χ0n) is 18.9. The first-order valence-electron chi connectivity index (χ1n) is 11.3. The highest BCUT2D eigenvalue weighted by molar-refractivity contribution is 7.91. The SMILES string of the molecule is CC(C)(CS(=O)(=O)CCCCCN1CCC(=O)NC1=O)c1ccc(F)c(OCC2CC2)c1. The number of nitrogens with zero attached hydrogens (tertiary/aromatic N) is 1. The number of ether oxygens (including phenoxy) is 1. The van der Waals surface area contributed by atoms with Crippen molar-refractivity contribution < 1.29 is 27.1 Å². The van der Waals surface area contributed by atoms with Crippen LogP contribution in [0.3, 0.4) is 0 Å². The maximum absolute atomic E-state index is 14.1.